The Morgan fingerprint density at radius 1 is 1.56 bits per heavy atom. The van der Waals surface area contributed by atoms with Crippen molar-refractivity contribution in [3.05, 3.63) is 30.0 Å². The van der Waals surface area contributed by atoms with Crippen LogP contribution in [0.1, 0.15) is 23.2 Å². The van der Waals surface area contributed by atoms with Gasteiger partial charge in [-0.3, -0.25) is 9.89 Å². The number of fused-ring (bicyclic) bond motifs is 1. The first kappa shape index (κ1) is 11.2. The highest BCUT2D eigenvalue weighted by molar-refractivity contribution is 5.98. The first-order valence-corrected chi connectivity index (χ1v) is 6.14. The van der Waals surface area contributed by atoms with Crippen molar-refractivity contribution in [2.75, 3.05) is 13.2 Å². The zero-order valence-electron chi connectivity index (χ0n) is 9.97. The Hall–Kier alpha value is -1.88. The molecule has 2 heterocycles. The van der Waals surface area contributed by atoms with Crippen LogP contribution in [0, 0.1) is 0 Å². The van der Waals surface area contributed by atoms with Gasteiger partial charge in [0.2, 0.25) is 0 Å². The number of carbonyl (C=O) groups is 1. The standard InChI is InChI=1S/C13H15N3O2/c17-8-11-2-1-5-16(11)13(18)9-3-4-10-7-14-15-12(10)6-9/h3-4,6-7,11,17H,1-2,5,8H2,(H,14,15)/t11-/m0/s1. The van der Waals surface area contributed by atoms with Crippen molar-refractivity contribution in [1.29, 1.82) is 0 Å². The number of rotatable bonds is 2. The van der Waals surface area contributed by atoms with E-state index in [-0.39, 0.29) is 18.6 Å². The number of nitrogens with zero attached hydrogens (tertiary/aromatic N) is 2. The lowest BCUT2D eigenvalue weighted by molar-refractivity contribution is 0.0678. The third-order valence-corrected chi connectivity index (χ3v) is 3.54. The Balaban J connectivity index is 1.91. The minimum absolute atomic E-state index is 0.0111. The van der Waals surface area contributed by atoms with Gasteiger partial charge in [0.1, 0.15) is 0 Å². The van der Waals surface area contributed by atoms with Gasteiger partial charge in [0.25, 0.3) is 5.91 Å². The summed E-state index contributed by atoms with van der Waals surface area (Å²) in [5.41, 5.74) is 1.51. The molecule has 0 saturated carbocycles. The molecule has 1 saturated heterocycles. The second kappa shape index (κ2) is 4.42. The summed E-state index contributed by atoms with van der Waals surface area (Å²) in [7, 11) is 0. The van der Waals surface area contributed by atoms with Crippen molar-refractivity contribution in [2.24, 2.45) is 0 Å². The van der Waals surface area contributed by atoms with Gasteiger partial charge in [0.05, 0.1) is 24.4 Å². The number of aliphatic hydroxyl groups excluding tert-OH is 1. The Morgan fingerprint density at radius 2 is 2.44 bits per heavy atom. The zero-order chi connectivity index (χ0) is 12.5. The number of hydrogen-bond donors (Lipinski definition) is 2. The average molecular weight is 245 g/mol. The van der Waals surface area contributed by atoms with Crippen LogP contribution in [0.25, 0.3) is 10.9 Å². The van der Waals surface area contributed by atoms with E-state index in [0.29, 0.717) is 5.56 Å². The molecule has 18 heavy (non-hydrogen) atoms. The Kier molecular flexibility index (Phi) is 2.76. The number of aromatic amines is 1. The molecule has 2 aromatic rings. The molecule has 0 radical (unpaired) electrons. The summed E-state index contributed by atoms with van der Waals surface area (Å²) < 4.78 is 0. The first-order chi connectivity index (χ1) is 8.79. The van der Waals surface area contributed by atoms with Crippen molar-refractivity contribution in [2.45, 2.75) is 18.9 Å². The number of aliphatic hydroxyl groups is 1. The molecule has 0 aliphatic carbocycles. The molecule has 1 aromatic heterocycles. The Bertz CT molecular complexity index is 578. The van der Waals surface area contributed by atoms with Gasteiger partial charge in [-0.25, -0.2) is 0 Å². The maximum Gasteiger partial charge on any atom is 0.254 e. The SMILES string of the molecule is O=C(c1ccc2cn[nH]c2c1)N1CCC[C@H]1CO. The number of aromatic nitrogens is 2. The molecule has 5 heteroatoms. The quantitative estimate of drug-likeness (QED) is 0.834. The van der Waals surface area contributed by atoms with Gasteiger partial charge >= 0.3 is 0 Å². The highest BCUT2D eigenvalue weighted by Crippen LogP contribution is 2.21. The number of benzene rings is 1. The van der Waals surface area contributed by atoms with Gasteiger partial charge in [0, 0.05) is 17.5 Å². The summed E-state index contributed by atoms with van der Waals surface area (Å²) in [5.74, 6) is -0.0111. The molecule has 1 aliphatic rings. The fraction of sp³-hybridized carbons (Fsp3) is 0.385. The van der Waals surface area contributed by atoms with E-state index in [9.17, 15) is 9.90 Å². The molecule has 0 spiro atoms. The lowest BCUT2D eigenvalue weighted by atomic mass is 10.1. The van der Waals surface area contributed by atoms with Crippen LogP contribution in [-0.2, 0) is 0 Å². The average Bonchev–Trinajstić information content (AvgIpc) is 3.05. The predicted molar refractivity (Wildman–Crippen MR) is 67.2 cm³/mol. The number of H-pyrrole nitrogens is 1. The minimum Gasteiger partial charge on any atom is -0.394 e. The molecular weight excluding hydrogens is 230 g/mol. The summed E-state index contributed by atoms with van der Waals surface area (Å²) in [4.78, 5) is 14.1. The van der Waals surface area contributed by atoms with Gasteiger partial charge in [-0.05, 0) is 25.0 Å². The van der Waals surface area contributed by atoms with Crippen molar-refractivity contribution in [3.8, 4) is 0 Å². The summed E-state index contributed by atoms with van der Waals surface area (Å²) in [5, 5.41) is 17.1. The van der Waals surface area contributed by atoms with Crippen LogP contribution in [0.5, 0.6) is 0 Å². The number of hydrogen-bond acceptors (Lipinski definition) is 3. The highest BCUT2D eigenvalue weighted by atomic mass is 16.3. The number of carbonyl (C=O) groups excluding carboxylic acids is 1. The Labute approximate surface area is 104 Å². The van der Waals surface area contributed by atoms with Crippen molar-refractivity contribution in [1.82, 2.24) is 15.1 Å². The maximum absolute atomic E-state index is 12.4. The lowest BCUT2D eigenvalue weighted by Crippen LogP contribution is -2.37. The van der Waals surface area contributed by atoms with Crippen molar-refractivity contribution < 1.29 is 9.90 Å². The van der Waals surface area contributed by atoms with E-state index in [2.05, 4.69) is 10.2 Å². The normalized spacial score (nSPS) is 19.6. The number of nitrogens with one attached hydrogen (secondary N) is 1. The van der Waals surface area contributed by atoms with Crippen molar-refractivity contribution >= 4 is 16.8 Å². The molecule has 1 aliphatic heterocycles. The second-order valence-corrected chi connectivity index (χ2v) is 4.65. The van der Waals surface area contributed by atoms with E-state index in [4.69, 9.17) is 0 Å². The fourth-order valence-electron chi connectivity index (χ4n) is 2.53. The molecule has 1 amide bonds. The smallest absolute Gasteiger partial charge is 0.254 e. The molecule has 1 aromatic carbocycles. The van der Waals surface area contributed by atoms with E-state index in [0.717, 1.165) is 30.3 Å². The zero-order valence-corrected chi connectivity index (χ0v) is 9.97. The van der Waals surface area contributed by atoms with Crippen LogP contribution in [-0.4, -0.2) is 45.3 Å². The van der Waals surface area contributed by atoms with E-state index in [1.807, 2.05) is 18.2 Å². The van der Waals surface area contributed by atoms with E-state index < -0.39 is 0 Å². The van der Waals surface area contributed by atoms with Crippen LogP contribution in [0.3, 0.4) is 0 Å². The summed E-state index contributed by atoms with van der Waals surface area (Å²) in [6.07, 6.45) is 3.58. The second-order valence-electron chi connectivity index (χ2n) is 4.65. The van der Waals surface area contributed by atoms with Crippen LogP contribution in [0.4, 0.5) is 0 Å². The first-order valence-electron chi connectivity index (χ1n) is 6.14. The van der Waals surface area contributed by atoms with Crippen LogP contribution < -0.4 is 0 Å². The van der Waals surface area contributed by atoms with Gasteiger partial charge in [-0.1, -0.05) is 6.07 Å². The maximum atomic E-state index is 12.4. The molecule has 1 atom stereocenters. The van der Waals surface area contributed by atoms with Crippen molar-refractivity contribution in [3.63, 3.8) is 0 Å². The van der Waals surface area contributed by atoms with E-state index in [1.165, 1.54) is 0 Å². The largest absolute Gasteiger partial charge is 0.394 e. The minimum atomic E-state index is -0.0324. The van der Waals surface area contributed by atoms with Gasteiger partial charge in [0.15, 0.2) is 0 Å². The molecule has 0 bridgehead atoms. The molecule has 3 rings (SSSR count). The number of likely N-dealkylation sites (tertiary alicyclic amines) is 1. The molecule has 2 N–H and O–H groups in total. The predicted octanol–water partition coefficient (Wildman–Crippen LogP) is 1.16. The topological polar surface area (TPSA) is 69.2 Å². The third-order valence-electron chi connectivity index (χ3n) is 3.54. The van der Waals surface area contributed by atoms with E-state index >= 15 is 0 Å². The number of amides is 1. The molecule has 1 fully saturated rings. The summed E-state index contributed by atoms with van der Waals surface area (Å²) in [6.45, 7) is 0.767. The lowest BCUT2D eigenvalue weighted by Gasteiger charge is -2.23. The highest BCUT2D eigenvalue weighted by Gasteiger charge is 2.28. The summed E-state index contributed by atoms with van der Waals surface area (Å²) >= 11 is 0. The van der Waals surface area contributed by atoms with Crippen LogP contribution >= 0.6 is 0 Å². The monoisotopic (exact) mass is 245 g/mol. The molecule has 94 valence electrons. The molecule has 5 nitrogen and oxygen atoms in total. The van der Waals surface area contributed by atoms with Crippen LogP contribution in [0.15, 0.2) is 24.4 Å². The molecular formula is C13H15N3O2. The van der Waals surface area contributed by atoms with Gasteiger partial charge in [-0.2, -0.15) is 5.10 Å². The van der Waals surface area contributed by atoms with E-state index in [1.54, 1.807) is 11.1 Å². The third kappa shape index (κ3) is 1.76. The summed E-state index contributed by atoms with van der Waals surface area (Å²) in [6, 6.07) is 5.48. The fourth-order valence-corrected chi connectivity index (χ4v) is 2.53. The van der Waals surface area contributed by atoms with Gasteiger partial charge < -0.3 is 10.0 Å². The van der Waals surface area contributed by atoms with Crippen LogP contribution in [0.2, 0.25) is 0 Å². The Morgan fingerprint density at radius 3 is 3.28 bits per heavy atom. The van der Waals surface area contributed by atoms with Gasteiger partial charge in [-0.15, -0.1) is 0 Å². The molecule has 0 unspecified atom stereocenters.